The number of hydrogen-bond donors (Lipinski definition) is 4. The number of Topliss-reactive ketones (excluding diaryl/α,β-unsaturated/α-hetero) is 2. The number of carbonyl (C=O) groups is 6. The maximum Gasteiger partial charge on any atom is 0.337 e. The molecule has 0 saturated heterocycles. The molecule has 0 heterocycles. The SMILES string of the molecule is CC(=O)C(N=Nc1ccc(-c2ccc(N=NC(C(C)=O)C(=O)Nc3ccccc3C(=O)O)c(Cl)c2)cc1Cl)C(=O)Nc1ccccc1C(=O)O. The van der Waals surface area contributed by atoms with Crippen LogP contribution in [0.1, 0.15) is 34.6 Å². The van der Waals surface area contributed by atoms with E-state index in [0.29, 0.717) is 11.1 Å². The number of para-hydroxylation sites is 2. The van der Waals surface area contributed by atoms with Crippen molar-refractivity contribution in [2.45, 2.75) is 25.9 Å². The lowest BCUT2D eigenvalue weighted by Gasteiger charge is -2.12. The number of nitrogens with one attached hydrogen (secondary N) is 2. The number of amides is 2. The topological polar surface area (TPSA) is 216 Å². The third-order valence-electron chi connectivity index (χ3n) is 6.89. The summed E-state index contributed by atoms with van der Waals surface area (Å²) in [5, 5.41) is 39.4. The molecule has 0 saturated carbocycles. The maximum absolute atomic E-state index is 12.8. The summed E-state index contributed by atoms with van der Waals surface area (Å²) in [7, 11) is 0. The van der Waals surface area contributed by atoms with E-state index in [1.165, 1.54) is 60.7 Å². The van der Waals surface area contributed by atoms with Gasteiger partial charge in [-0.1, -0.05) is 59.6 Å². The largest absolute Gasteiger partial charge is 0.478 e. The molecule has 16 heteroatoms. The van der Waals surface area contributed by atoms with Crippen molar-refractivity contribution in [2.24, 2.45) is 20.5 Å². The summed E-state index contributed by atoms with van der Waals surface area (Å²) in [4.78, 5) is 73.0. The number of ketones is 2. The van der Waals surface area contributed by atoms with Crippen molar-refractivity contribution in [3.8, 4) is 11.1 Å². The number of carboxylic acids is 2. The molecule has 4 aromatic rings. The van der Waals surface area contributed by atoms with Crippen LogP contribution < -0.4 is 10.6 Å². The number of benzene rings is 4. The monoisotopic (exact) mass is 716 g/mol. The highest BCUT2D eigenvalue weighted by molar-refractivity contribution is 6.34. The molecule has 4 aromatic carbocycles. The second-order valence-electron chi connectivity index (χ2n) is 10.5. The van der Waals surface area contributed by atoms with E-state index in [-0.39, 0.29) is 43.9 Å². The number of azo groups is 2. The van der Waals surface area contributed by atoms with Crippen LogP contribution in [0.3, 0.4) is 0 Å². The van der Waals surface area contributed by atoms with Gasteiger partial charge in [-0.3, -0.25) is 19.2 Å². The third-order valence-corrected chi connectivity index (χ3v) is 7.49. The number of aromatic carboxylic acids is 2. The Morgan fingerprint density at radius 3 is 1.26 bits per heavy atom. The Morgan fingerprint density at radius 1 is 0.580 bits per heavy atom. The number of halogens is 2. The van der Waals surface area contributed by atoms with Crippen molar-refractivity contribution >= 4 is 81.3 Å². The van der Waals surface area contributed by atoms with Gasteiger partial charge in [0.1, 0.15) is 11.4 Å². The standard InChI is InChI=1S/C34H26Cl2N6O8/c1-17(43)29(31(45)37-25-9-5-3-7-21(25)33(47)48)41-39-27-13-11-19(15-23(27)35)20-12-14-28(24(36)16-20)40-42-30(18(2)44)32(46)38-26-10-6-4-8-22(26)34(49)50/h3-16,29-30H,1-2H3,(H,37,45)(H,38,46)(H,47,48)(H,49,50). The zero-order chi connectivity index (χ0) is 36.5. The fourth-order valence-corrected chi connectivity index (χ4v) is 4.81. The Morgan fingerprint density at radius 2 is 0.940 bits per heavy atom. The van der Waals surface area contributed by atoms with Crippen molar-refractivity contribution in [3.05, 3.63) is 106 Å². The fraction of sp³-hybridized carbons (Fsp3) is 0.118. The number of hydrogen-bond acceptors (Lipinski definition) is 10. The molecule has 4 N–H and O–H groups in total. The lowest BCUT2D eigenvalue weighted by molar-refractivity contribution is -0.127. The van der Waals surface area contributed by atoms with E-state index >= 15 is 0 Å². The minimum Gasteiger partial charge on any atom is -0.478 e. The predicted octanol–water partition coefficient (Wildman–Crippen LogP) is 7.42. The summed E-state index contributed by atoms with van der Waals surface area (Å²) in [6.07, 6.45) is 0. The van der Waals surface area contributed by atoms with Gasteiger partial charge in [-0.15, -0.1) is 0 Å². The van der Waals surface area contributed by atoms with Crippen molar-refractivity contribution in [3.63, 3.8) is 0 Å². The minimum atomic E-state index is -1.58. The van der Waals surface area contributed by atoms with Gasteiger partial charge in [0, 0.05) is 0 Å². The minimum absolute atomic E-state index is 0.0108. The van der Waals surface area contributed by atoms with Gasteiger partial charge in [0.25, 0.3) is 11.8 Å². The van der Waals surface area contributed by atoms with E-state index in [1.807, 2.05) is 0 Å². The van der Waals surface area contributed by atoms with Crippen molar-refractivity contribution in [1.82, 2.24) is 0 Å². The maximum atomic E-state index is 12.8. The molecule has 254 valence electrons. The molecule has 2 amide bonds. The van der Waals surface area contributed by atoms with Crippen molar-refractivity contribution in [2.75, 3.05) is 10.6 Å². The Kier molecular flexibility index (Phi) is 12.0. The Labute approximate surface area is 293 Å². The number of nitrogens with zero attached hydrogens (tertiary/aromatic N) is 4. The number of carboxylic acid groups (broad SMARTS) is 2. The van der Waals surface area contributed by atoms with E-state index in [9.17, 15) is 39.0 Å². The average molecular weight is 718 g/mol. The molecule has 0 fully saturated rings. The highest BCUT2D eigenvalue weighted by Gasteiger charge is 2.26. The van der Waals surface area contributed by atoms with Gasteiger partial charge in [-0.05, 0) is 73.5 Å². The van der Waals surface area contributed by atoms with Gasteiger partial charge >= 0.3 is 11.9 Å². The van der Waals surface area contributed by atoms with Crippen LogP contribution in [0.4, 0.5) is 22.7 Å². The zero-order valence-corrected chi connectivity index (χ0v) is 27.6. The van der Waals surface area contributed by atoms with Gasteiger partial charge in [0.05, 0.1) is 32.5 Å². The quantitative estimate of drug-likeness (QED) is 0.0804. The predicted molar refractivity (Wildman–Crippen MR) is 184 cm³/mol. The van der Waals surface area contributed by atoms with E-state index in [4.69, 9.17) is 23.2 Å². The molecule has 0 aliphatic heterocycles. The first-order chi connectivity index (χ1) is 23.8. The summed E-state index contributed by atoms with van der Waals surface area (Å²) < 4.78 is 0. The first kappa shape index (κ1) is 36.7. The van der Waals surface area contributed by atoms with Crippen molar-refractivity contribution in [1.29, 1.82) is 0 Å². The summed E-state index contributed by atoms with van der Waals surface area (Å²) in [6, 6.07) is 17.5. The van der Waals surface area contributed by atoms with Crippen LogP contribution in [0.15, 0.2) is 105 Å². The van der Waals surface area contributed by atoms with Crippen LogP contribution in [-0.4, -0.2) is 57.6 Å². The number of rotatable bonds is 13. The molecule has 0 aliphatic carbocycles. The lowest BCUT2D eigenvalue weighted by atomic mass is 10.0. The second-order valence-corrected chi connectivity index (χ2v) is 11.3. The summed E-state index contributed by atoms with van der Waals surface area (Å²) >= 11 is 12.9. The smallest absolute Gasteiger partial charge is 0.337 e. The van der Waals surface area contributed by atoms with Crippen LogP contribution in [0, 0.1) is 0 Å². The van der Waals surface area contributed by atoms with E-state index < -0.39 is 47.4 Å². The highest BCUT2D eigenvalue weighted by Crippen LogP contribution is 2.35. The van der Waals surface area contributed by atoms with Crippen LogP contribution in [0.25, 0.3) is 11.1 Å². The van der Waals surface area contributed by atoms with E-state index in [1.54, 1.807) is 24.3 Å². The molecule has 0 radical (unpaired) electrons. The average Bonchev–Trinajstić information content (AvgIpc) is 3.06. The Balaban J connectivity index is 1.49. The number of carbonyl (C=O) groups excluding carboxylic acids is 4. The van der Waals surface area contributed by atoms with Crippen LogP contribution in [-0.2, 0) is 19.2 Å². The molecule has 0 spiro atoms. The van der Waals surface area contributed by atoms with Gasteiger partial charge < -0.3 is 20.8 Å². The Hall–Kier alpha value is -6.12. The first-order valence-electron chi connectivity index (χ1n) is 14.4. The van der Waals surface area contributed by atoms with Gasteiger partial charge in [0.15, 0.2) is 11.6 Å². The normalized spacial score (nSPS) is 12.3. The molecule has 4 rings (SSSR count). The molecular formula is C34H26Cl2N6O8. The Bertz CT molecular complexity index is 1940. The summed E-state index contributed by atoms with van der Waals surface area (Å²) in [5.74, 6) is -5.58. The van der Waals surface area contributed by atoms with Crippen LogP contribution in [0.2, 0.25) is 10.0 Å². The van der Waals surface area contributed by atoms with E-state index in [0.717, 1.165) is 13.8 Å². The second kappa shape index (κ2) is 16.3. The molecule has 50 heavy (non-hydrogen) atoms. The first-order valence-corrected chi connectivity index (χ1v) is 15.2. The summed E-state index contributed by atoms with van der Waals surface area (Å²) in [5.41, 5.74) is 1.09. The lowest BCUT2D eigenvalue weighted by Crippen LogP contribution is -2.32. The van der Waals surface area contributed by atoms with Crippen LogP contribution >= 0.6 is 23.2 Å². The van der Waals surface area contributed by atoms with Crippen molar-refractivity contribution < 1.29 is 39.0 Å². The molecule has 0 aliphatic rings. The molecule has 0 aromatic heterocycles. The van der Waals surface area contributed by atoms with Crippen LogP contribution in [0.5, 0.6) is 0 Å². The summed E-state index contributed by atoms with van der Waals surface area (Å²) in [6.45, 7) is 2.28. The molecule has 2 unspecified atom stereocenters. The highest BCUT2D eigenvalue weighted by atomic mass is 35.5. The third kappa shape index (κ3) is 9.06. The van der Waals surface area contributed by atoms with Gasteiger partial charge in [-0.25, -0.2) is 9.59 Å². The zero-order valence-electron chi connectivity index (χ0n) is 26.1. The number of anilines is 2. The van der Waals surface area contributed by atoms with Gasteiger partial charge in [0.2, 0.25) is 12.1 Å². The molecular weight excluding hydrogens is 691 g/mol. The van der Waals surface area contributed by atoms with E-state index in [2.05, 4.69) is 31.1 Å². The molecule has 14 nitrogen and oxygen atoms in total. The molecule has 0 bridgehead atoms. The fourth-order valence-electron chi connectivity index (χ4n) is 4.37. The van der Waals surface area contributed by atoms with Gasteiger partial charge in [-0.2, -0.15) is 20.5 Å². The molecule has 2 atom stereocenters.